The average molecular weight is 752 g/mol. The summed E-state index contributed by atoms with van der Waals surface area (Å²) in [4.78, 5) is 39.5. The third-order valence-corrected chi connectivity index (χ3v) is 9.86. The van der Waals surface area contributed by atoms with Crippen molar-refractivity contribution in [2.75, 3.05) is 19.5 Å². The second-order valence-corrected chi connectivity index (χ2v) is 13.2. The molecule has 3 aromatic carbocycles. The van der Waals surface area contributed by atoms with Crippen molar-refractivity contribution in [3.05, 3.63) is 94.6 Å². The van der Waals surface area contributed by atoms with Gasteiger partial charge in [0.1, 0.15) is 17.4 Å². The zero-order chi connectivity index (χ0) is 38.4. The minimum absolute atomic E-state index is 0.0165. The van der Waals surface area contributed by atoms with Crippen LogP contribution in [0.2, 0.25) is 0 Å². The first-order valence-electron chi connectivity index (χ1n) is 16.6. The van der Waals surface area contributed by atoms with Crippen molar-refractivity contribution in [3.63, 3.8) is 0 Å². The van der Waals surface area contributed by atoms with Crippen LogP contribution < -0.4 is 20.7 Å². The quantitative estimate of drug-likeness (QED) is 0.151. The lowest BCUT2D eigenvalue weighted by Gasteiger charge is -2.30. The molecule has 3 aromatic rings. The lowest BCUT2D eigenvalue weighted by Crippen LogP contribution is -2.48. The van der Waals surface area contributed by atoms with E-state index < -0.39 is 71.1 Å². The number of halogens is 8. The Bertz CT molecular complexity index is 1960. The van der Waals surface area contributed by atoms with E-state index >= 15 is 4.39 Å². The zero-order valence-electron chi connectivity index (χ0n) is 28.1. The molecule has 0 spiro atoms. The maximum atomic E-state index is 15.2. The predicted octanol–water partition coefficient (Wildman–Crippen LogP) is 8.35. The Labute approximate surface area is 297 Å². The first-order valence-corrected chi connectivity index (χ1v) is 16.6. The second kappa shape index (κ2) is 14.3. The van der Waals surface area contributed by atoms with Crippen LogP contribution in [0.25, 0.3) is 11.1 Å². The number of amides is 3. The maximum Gasteiger partial charge on any atom is 0.429 e. The van der Waals surface area contributed by atoms with Crippen molar-refractivity contribution in [2.24, 2.45) is 23.7 Å². The van der Waals surface area contributed by atoms with Crippen molar-refractivity contribution >= 4 is 23.6 Å². The number of anilines is 1. The van der Waals surface area contributed by atoms with E-state index in [4.69, 9.17) is 4.74 Å². The Morgan fingerprint density at radius 3 is 2.21 bits per heavy atom. The third-order valence-electron chi connectivity index (χ3n) is 9.86. The van der Waals surface area contributed by atoms with Gasteiger partial charge in [0.15, 0.2) is 0 Å². The second-order valence-electron chi connectivity index (χ2n) is 13.2. The number of hydrogen-bond donors (Lipinski definition) is 3. The lowest BCUT2D eigenvalue weighted by atomic mass is 9.83. The number of nitrogens with one attached hydrogen (secondary N) is 3. The molecular formula is C37H33F8N3O5. The van der Waals surface area contributed by atoms with Crippen LogP contribution in [-0.4, -0.2) is 44.3 Å². The highest BCUT2D eigenvalue weighted by Gasteiger charge is 2.55. The van der Waals surface area contributed by atoms with E-state index in [0.717, 1.165) is 49.7 Å². The van der Waals surface area contributed by atoms with Gasteiger partial charge in [0, 0.05) is 35.8 Å². The predicted molar refractivity (Wildman–Crippen MR) is 175 cm³/mol. The molecule has 282 valence electrons. The number of hydrogen-bond acceptors (Lipinski definition) is 5. The Morgan fingerprint density at radius 1 is 0.868 bits per heavy atom. The lowest BCUT2D eigenvalue weighted by molar-refractivity contribution is -0.206. The van der Waals surface area contributed by atoms with Crippen LogP contribution in [-0.2, 0) is 15.7 Å². The summed E-state index contributed by atoms with van der Waals surface area (Å²) >= 11 is 0. The molecule has 0 aromatic heterocycles. The van der Waals surface area contributed by atoms with Gasteiger partial charge in [-0.3, -0.25) is 9.59 Å². The summed E-state index contributed by atoms with van der Waals surface area (Å²) in [5, 5.41) is 7.30. The highest BCUT2D eigenvalue weighted by Crippen LogP contribution is 2.54. The Balaban J connectivity index is 1.32. The molecule has 0 aliphatic heterocycles. The molecule has 8 nitrogen and oxygen atoms in total. The summed E-state index contributed by atoms with van der Waals surface area (Å²) < 4.78 is 121. The van der Waals surface area contributed by atoms with Gasteiger partial charge in [-0.25, -0.2) is 13.6 Å². The van der Waals surface area contributed by atoms with Crippen LogP contribution in [0.1, 0.15) is 53.3 Å². The summed E-state index contributed by atoms with van der Waals surface area (Å²) in [6, 6.07) is 7.56. The van der Waals surface area contributed by atoms with Gasteiger partial charge >= 0.3 is 18.4 Å². The fourth-order valence-electron chi connectivity index (χ4n) is 7.31. The molecule has 16 heteroatoms. The number of carbonyl (C=O) groups excluding carboxylic acids is 3. The summed E-state index contributed by atoms with van der Waals surface area (Å²) in [7, 11) is 2.34. The number of alkyl carbamates (subject to hydrolysis) is 1. The number of methoxy groups -OCH3 is 1. The normalized spacial score (nSPS) is 22.3. The number of rotatable bonds is 9. The Hall–Kier alpha value is -5.15. The highest BCUT2D eigenvalue weighted by atomic mass is 19.4. The number of carbonyl (C=O) groups is 3. The molecule has 0 radical (unpaired) electrons. The molecule has 6 rings (SSSR count). The van der Waals surface area contributed by atoms with E-state index in [1.165, 1.54) is 25.3 Å². The van der Waals surface area contributed by atoms with Crippen LogP contribution >= 0.6 is 0 Å². The van der Waals surface area contributed by atoms with E-state index in [1.807, 2.05) is 5.32 Å². The van der Waals surface area contributed by atoms with Gasteiger partial charge in [-0.15, -0.1) is 0 Å². The molecule has 3 amide bonds. The fraction of sp³-hybridized carbons (Fsp3) is 0.378. The van der Waals surface area contributed by atoms with E-state index in [1.54, 1.807) is 0 Å². The smallest absolute Gasteiger partial charge is 0.429 e. The molecule has 0 heterocycles. The van der Waals surface area contributed by atoms with Gasteiger partial charge in [-0.1, -0.05) is 23.8 Å². The largest absolute Gasteiger partial charge is 0.496 e. The van der Waals surface area contributed by atoms with Crippen LogP contribution in [0, 0.1) is 35.3 Å². The van der Waals surface area contributed by atoms with Crippen LogP contribution in [0.3, 0.4) is 0 Å². The number of benzene rings is 3. The Morgan fingerprint density at radius 2 is 1.57 bits per heavy atom. The molecule has 3 aliphatic carbocycles. The molecule has 3 N–H and O–H groups in total. The maximum absolute atomic E-state index is 15.2. The van der Waals surface area contributed by atoms with Crippen molar-refractivity contribution in [1.82, 2.24) is 10.6 Å². The minimum atomic E-state index is -5.06. The van der Waals surface area contributed by atoms with E-state index in [9.17, 15) is 45.1 Å². The molecular weight excluding hydrogens is 718 g/mol. The average Bonchev–Trinajstić information content (AvgIpc) is 3.78. The molecule has 3 unspecified atom stereocenters. The van der Waals surface area contributed by atoms with Crippen LogP contribution in [0.4, 0.5) is 45.6 Å². The summed E-state index contributed by atoms with van der Waals surface area (Å²) in [5.74, 6) is -5.12. The van der Waals surface area contributed by atoms with Crippen molar-refractivity contribution in [2.45, 2.75) is 50.2 Å². The van der Waals surface area contributed by atoms with Gasteiger partial charge in [-0.2, -0.15) is 26.3 Å². The number of fused-ring (bicyclic) bond motifs is 2. The number of allylic oxidation sites excluding steroid dienone is 1. The SMILES string of the molecule is CNC(=O)OC(c1ccc(F)c(-c2ccc(OC)c(C(=O)N[C@@H]3C4CCC(C4=CC4CC4)[C@@H]3C(=O)Nc3ccc(F)c(C(F)(F)F)c3)c2)c1)C(F)(F)F. The zero-order valence-corrected chi connectivity index (χ0v) is 28.1. The summed E-state index contributed by atoms with van der Waals surface area (Å²) in [6.45, 7) is 0. The first-order chi connectivity index (χ1) is 25.0. The van der Waals surface area contributed by atoms with E-state index in [2.05, 4.69) is 21.4 Å². The molecule has 3 aliphatic rings. The third kappa shape index (κ3) is 7.81. The molecule has 53 heavy (non-hydrogen) atoms. The van der Waals surface area contributed by atoms with Gasteiger partial charge in [0.25, 0.3) is 5.91 Å². The fourth-order valence-corrected chi connectivity index (χ4v) is 7.31. The van der Waals surface area contributed by atoms with Crippen LogP contribution in [0.15, 0.2) is 66.2 Å². The molecule has 3 saturated carbocycles. The Kier molecular flexibility index (Phi) is 10.2. The van der Waals surface area contributed by atoms with Crippen molar-refractivity contribution < 1.29 is 59.0 Å². The van der Waals surface area contributed by atoms with Gasteiger partial charge < -0.3 is 25.4 Å². The highest BCUT2D eigenvalue weighted by molar-refractivity contribution is 6.00. The molecule has 3 fully saturated rings. The molecule has 0 saturated heterocycles. The minimum Gasteiger partial charge on any atom is -0.496 e. The topological polar surface area (TPSA) is 106 Å². The van der Waals surface area contributed by atoms with E-state index in [0.29, 0.717) is 30.9 Å². The van der Waals surface area contributed by atoms with Crippen molar-refractivity contribution in [1.29, 1.82) is 0 Å². The first kappa shape index (κ1) is 37.6. The van der Waals surface area contributed by atoms with Gasteiger partial charge in [0.05, 0.1) is 24.2 Å². The summed E-state index contributed by atoms with van der Waals surface area (Å²) in [5.41, 5.74) is -1.98. The van der Waals surface area contributed by atoms with Crippen molar-refractivity contribution in [3.8, 4) is 16.9 Å². The molecule has 5 atom stereocenters. The number of alkyl halides is 6. The monoisotopic (exact) mass is 751 g/mol. The standard InChI is InChI=1S/C37H33F8N3O5/c1-46-35(51)53-32(37(43,44)45)19-5-10-27(38)23(15-19)18-6-12-29(52-2)25(14-18)33(49)48-31-22-9-8-21(24(22)13-17-3-4-17)30(31)34(50)47-20-7-11-28(39)26(16-20)36(40,41)42/h5-7,10-17,21-22,30-32H,3-4,8-9H2,1-2H3,(H,46,51)(H,47,50)(H,48,49)/t21?,22?,30-,31+,32?/m0/s1. The van der Waals surface area contributed by atoms with Gasteiger partial charge in [0.2, 0.25) is 12.0 Å². The van der Waals surface area contributed by atoms with Crippen LogP contribution in [0.5, 0.6) is 5.75 Å². The number of ether oxygens (including phenoxy) is 2. The van der Waals surface area contributed by atoms with Gasteiger partial charge in [-0.05, 0) is 85.5 Å². The molecule has 2 bridgehead atoms. The summed E-state index contributed by atoms with van der Waals surface area (Å²) in [6.07, 6.45) is -8.97. The van der Waals surface area contributed by atoms with E-state index in [-0.39, 0.29) is 40.0 Å².